The molecule has 0 bridgehead atoms. The third-order valence-corrected chi connectivity index (χ3v) is 2.66. The Kier molecular flexibility index (Phi) is 4.41. The van der Waals surface area contributed by atoms with Crippen molar-refractivity contribution >= 4 is 17.6 Å². The van der Waals surface area contributed by atoms with Crippen molar-refractivity contribution in [3.63, 3.8) is 0 Å². The van der Waals surface area contributed by atoms with Gasteiger partial charge < -0.3 is 29.4 Å². The van der Waals surface area contributed by atoms with E-state index < -0.39 is 11.9 Å². The number of hydrogen-bond donors (Lipinski definition) is 1. The first-order chi connectivity index (χ1) is 9.61. The molecule has 0 atom stereocenters. The number of hydrogen-bond acceptors (Lipinski definition) is 6. The third-order valence-electron chi connectivity index (χ3n) is 2.66. The van der Waals surface area contributed by atoms with E-state index in [-0.39, 0.29) is 17.9 Å². The Balaban J connectivity index is 2.35. The highest BCUT2D eigenvalue weighted by Crippen LogP contribution is 2.35. The molecule has 1 aliphatic rings. The Labute approximate surface area is 115 Å². The van der Waals surface area contributed by atoms with Crippen LogP contribution in [0.25, 0.3) is 0 Å². The van der Waals surface area contributed by atoms with Gasteiger partial charge in [0.05, 0.1) is 24.9 Å². The molecule has 1 amide bonds. The highest BCUT2D eigenvalue weighted by atomic mass is 16.5. The number of ether oxygens (including phenoxy) is 3. The molecule has 7 nitrogen and oxygen atoms in total. The van der Waals surface area contributed by atoms with Crippen molar-refractivity contribution in [3.8, 4) is 11.5 Å². The minimum Gasteiger partial charge on any atom is -0.545 e. The lowest BCUT2D eigenvalue weighted by atomic mass is 10.1. The van der Waals surface area contributed by atoms with Gasteiger partial charge in [-0.3, -0.25) is 4.79 Å². The molecule has 20 heavy (non-hydrogen) atoms. The van der Waals surface area contributed by atoms with Crippen LogP contribution >= 0.6 is 0 Å². The standard InChI is InChI=1S/C13H15NO6/c1-18-7-12(15)14-9-6-11-10(5-8(9)13(16)17)19-3-2-4-20-11/h5-6H,2-4,7H2,1H3,(H,14,15)(H,16,17)/p-1. The molecule has 0 radical (unpaired) electrons. The maximum atomic E-state index is 11.5. The monoisotopic (exact) mass is 280 g/mol. The van der Waals surface area contributed by atoms with E-state index in [9.17, 15) is 14.7 Å². The van der Waals surface area contributed by atoms with Crippen LogP contribution in [0.5, 0.6) is 11.5 Å². The van der Waals surface area contributed by atoms with Crippen molar-refractivity contribution in [1.82, 2.24) is 0 Å². The van der Waals surface area contributed by atoms with E-state index >= 15 is 0 Å². The molecule has 1 heterocycles. The summed E-state index contributed by atoms with van der Waals surface area (Å²) in [6.45, 7) is 0.721. The van der Waals surface area contributed by atoms with Crippen molar-refractivity contribution in [2.24, 2.45) is 0 Å². The van der Waals surface area contributed by atoms with Gasteiger partial charge in [-0.2, -0.15) is 0 Å². The lowest BCUT2D eigenvalue weighted by molar-refractivity contribution is -0.254. The lowest BCUT2D eigenvalue weighted by Crippen LogP contribution is -2.26. The molecule has 1 aliphatic heterocycles. The predicted molar refractivity (Wildman–Crippen MR) is 66.9 cm³/mol. The highest BCUT2D eigenvalue weighted by molar-refractivity contribution is 6.01. The molecule has 108 valence electrons. The summed E-state index contributed by atoms with van der Waals surface area (Å²) in [6, 6.07) is 2.71. The van der Waals surface area contributed by atoms with Gasteiger partial charge >= 0.3 is 0 Å². The molecule has 1 aromatic rings. The molecule has 7 heteroatoms. The van der Waals surface area contributed by atoms with Crippen LogP contribution in [0.4, 0.5) is 5.69 Å². The number of aromatic carboxylic acids is 1. The Bertz CT molecular complexity index is 528. The summed E-state index contributed by atoms with van der Waals surface area (Å²) in [5, 5.41) is 13.6. The number of benzene rings is 1. The Morgan fingerprint density at radius 3 is 2.55 bits per heavy atom. The fourth-order valence-corrected chi connectivity index (χ4v) is 1.80. The van der Waals surface area contributed by atoms with Crippen molar-refractivity contribution < 1.29 is 28.9 Å². The zero-order valence-electron chi connectivity index (χ0n) is 10.9. The molecule has 0 aliphatic carbocycles. The van der Waals surface area contributed by atoms with Gasteiger partial charge in [0.25, 0.3) is 0 Å². The smallest absolute Gasteiger partial charge is 0.250 e. The van der Waals surface area contributed by atoms with Gasteiger partial charge in [-0.05, 0) is 6.07 Å². The molecule has 0 aromatic heterocycles. The number of methoxy groups -OCH3 is 1. The van der Waals surface area contributed by atoms with Crippen LogP contribution in [0.2, 0.25) is 0 Å². The number of rotatable bonds is 4. The zero-order valence-corrected chi connectivity index (χ0v) is 10.9. The van der Waals surface area contributed by atoms with Crippen LogP contribution in [-0.2, 0) is 9.53 Å². The first kappa shape index (κ1) is 14.1. The lowest BCUT2D eigenvalue weighted by Gasteiger charge is -2.16. The molecule has 1 aromatic carbocycles. The quantitative estimate of drug-likeness (QED) is 0.820. The number of anilines is 1. The first-order valence-corrected chi connectivity index (χ1v) is 6.05. The minimum atomic E-state index is -1.41. The van der Waals surface area contributed by atoms with Crippen LogP contribution in [0.15, 0.2) is 12.1 Å². The summed E-state index contributed by atoms with van der Waals surface area (Å²) in [4.78, 5) is 22.6. The largest absolute Gasteiger partial charge is 0.545 e. The van der Waals surface area contributed by atoms with Crippen LogP contribution in [0, 0.1) is 0 Å². The van der Waals surface area contributed by atoms with E-state index in [4.69, 9.17) is 9.47 Å². The van der Waals surface area contributed by atoms with Crippen LogP contribution in [0.3, 0.4) is 0 Å². The molecule has 0 spiro atoms. The topological polar surface area (TPSA) is 96.9 Å². The van der Waals surface area contributed by atoms with Gasteiger partial charge in [-0.25, -0.2) is 0 Å². The van der Waals surface area contributed by atoms with E-state index in [1.165, 1.54) is 19.2 Å². The average molecular weight is 280 g/mol. The molecule has 0 fully saturated rings. The molecule has 0 unspecified atom stereocenters. The SMILES string of the molecule is COCC(=O)Nc1cc2c(cc1C(=O)[O-])OCCCO2. The maximum Gasteiger partial charge on any atom is 0.250 e. The Morgan fingerprint density at radius 2 is 1.95 bits per heavy atom. The molecule has 1 N–H and O–H groups in total. The number of carboxylic acids is 1. The van der Waals surface area contributed by atoms with Gasteiger partial charge in [0, 0.05) is 25.2 Å². The molecular formula is C13H14NO6-. The Morgan fingerprint density at radius 1 is 1.30 bits per heavy atom. The number of carbonyl (C=O) groups excluding carboxylic acids is 2. The summed E-state index contributed by atoms with van der Waals surface area (Å²) < 4.78 is 15.5. The van der Waals surface area contributed by atoms with Crippen LogP contribution < -0.4 is 19.9 Å². The van der Waals surface area contributed by atoms with Gasteiger partial charge in [-0.15, -0.1) is 0 Å². The van der Waals surface area contributed by atoms with E-state index in [2.05, 4.69) is 10.1 Å². The van der Waals surface area contributed by atoms with Gasteiger partial charge in [0.15, 0.2) is 11.5 Å². The predicted octanol–water partition coefficient (Wildman–Crippen LogP) is -0.204. The fourth-order valence-electron chi connectivity index (χ4n) is 1.80. The summed E-state index contributed by atoms with van der Waals surface area (Å²) in [5.41, 5.74) is -0.0741. The number of amides is 1. The minimum absolute atomic E-state index is 0.0938. The zero-order chi connectivity index (χ0) is 14.5. The van der Waals surface area contributed by atoms with Gasteiger partial charge in [0.1, 0.15) is 6.61 Å². The second-order valence-electron chi connectivity index (χ2n) is 4.16. The molecule has 2 rings (SSSR count). The van der Waals surface area contributed by atoms with Crippen LogP contribution in [0.1, 0.15) is 16.8 Å². The summed E-state index contributed by atoms with van der Waals surface area (Å²) in [5.74, 6) is -1.16. The second-order valence-corrected chi connectivity index (χ2v) is 4.16. The number of fused-ring (bicyclic) bond motifs is 1. The first-order valence-electron chi connectivity index (χ1n) is 6.05. The maximum absolute atomic E-state index is 11.5. The van der Waals surface area contributed by atoms with Crippen molar-refractivity contribution in [2.75, 3.05) is 32.2 Å². The van der Waals surface area contributed by atoms with Crippen LogP contribution in [-0.4, -0.2) is 38.8 Å². The van der Waals surface area contributed by atoms with Crippen molar-refractivity contribution in [1.29, 1.82) is 0 Å². The van der Waals surface area contributed by atoms with E-state index in [1.807, 2.05) is 0 Å². The highest BCUT2D eigenvalue weighted by Gasteiger charge is 2.16. The normalized spacial score (nSPS) is 13.4. The van der Waals surface area contributed by atoms with E-state index in [0.717, 1.165) is 0 Å². The van der Waals surface area contributed by atoms with Gasteiger partial charge in [-0.1, -0.05) is 0 Å². The average Bonchev–Trinajstić information content (AvgIpc) is 2.62. The van der Waals surface area contributed by atoms with E-state index in [0.29, 0.717) is 31.1 Å². The molecule has 0 saturated carbocycles. The van der Waals surface area contributed by atoms with Crippen molar-refractivity contribution in [2.45, 2.75) is 6.42 Å². The molecular weight excluding hydrogens is 266 g/mol. The number of nitrogens with one attached hydrogen (secondary N) is 1. The summed E-state index contributed by atoms with van der Waals surface area (Å²) in [6.07, 6.45) is 0.695. The van der Waals surface area contributed by atoms with E-state index in [1.54, 1.807) is 0 Å². The summed E-state index contributed by atoms with van der Waals surface area (Å²) in [7, 11) is 1.37. The Hall–Kier alpha value is -2.28. The molecule has 0 saturated heterocycles. The number of carbonyl (C=O) groups is 2. The number of carboxylic acid groups (broad SMARTS) is 1. The summed E-state index contributed by atoms with van der Waals surface area (Å²) >= 11 is 0. The second kappa shape index (κ2) is 6.25. The van der Waals surface area contributed by atoms with Crippen molar-refractivity contribution in [3.05, 3.63) is 17.7 Å². The third kappa shape index (κ3) is 3.18. The van der Waals surface area contributed by atoms with Gasteiger partial charge in [0.2, 0.25) is 5.91 Å². The fraction of sp³-hybridized carbons (Fsp3) is 0.385.